The van der Waals surface area contributed by atoms with Crippen molar-refractivity contribution >= 4 is 11.9 Å². The number of aliphatic hydroxyl groups is 1. The minimum atomic E-state index is -0.953. The van der Waals surface area contributed by atoms with Crippen LogP contribution in [0.5, 0.6) is 0 Å². The minimum Gasteiger partial charge on any atom is -0.463 e. The molecule has 0 aromatic rings. The fraction of sp³-hybridized carbons (Fsp3) is 0.935. The van der Waals surface area contributed by atoms with Crippen molar-refractivity contribution in [3.8, 4) is 0 Å². The summed E-state index contributed by atoms with van der Waals surface area (Å²) in [4.78, 5) is 23.7. The van der Waals surface area contributed by atoms with E-state index in [1.807, 2.05) is 0 Å². The van der Waals surface area contributed by atoms with Crippen molar-refractivity contribution in [3.63, 3.8) is 0 Å². The predicted octanol–water partition coefficient (Wildman–Crippen LogP) is 8.69. The number of esters is 2. The van der Waals surface area contributed by atoms with Gasteiger partial charge in [0, 0.05) is 12.8 Å². The highest BCUT2D eigenvalue weighted by molar-refractivity contribution is 5.69. The van der Waals surface area contributed by atoms with Crippen molar-refractivity contribution in [2.75, 3.05) is 13.2 Å². The number of rotatable bonds is 27. The van der Waals surface area contributed by atoms with Crippen LogP contribution in [0.4, 0.5) is 0 Å². The van der Waals surface area contributed by atoms with Gasteiger partial charge in [-0.1, -0.05) is 136 Å². The molecule has 0 aliphatic heterocycles. The summed E-state index contributed by atoms with van der Waals surface area (Å²) in [5.74, 6) is 0.257. The lowest BCUT2D eigenvalue weighted by Gasteiger charge is -2.12. The Bertz CT molecular complexity index is 491. The molecule has 5 heteroatoms. The second-order valence-corrected chi connectivity index (χ2v) is 11.1. The highest BCUT2D eigenvalue weighted by Gasteiger charge is 2.12. The highest BCUT2D eigenvalue weighted by atomic mass is 16.6. The summed E-state index contributed by atoms with van der Waals surface area (Å²) in [5.41, 5.74) is 0. The van der Waals surface area contributed by atoms with Gasteiger partial charge in [-0.15, -0.1) is 0 Å². The molecule has 0 bridgehead atoms. The zero-order valence-corrected chi connectivity index (χ0v) is 24.2. The van der Waals surface area contributed by atoms with E-state index < -0.39 is 6.10 Å². The summed E-state index contributed by atoms with van der Waals surface area (Å²) >= 11 is 0. The molecule has 0 fully saturated rings. The number of carbonyl (C=O) groups is 2. The summed E-state index contributed by atoms with van der Waals surface area (Å²) in [6.07, 6.45) is 24.3. The highest BCUT2D eigenvalue weighted by Crippen LogP contribution is 2.14. The lowest BCUT2D eigenvalue weighted by atomic mass is 10.0. The molecule has 0 aliphatic carbocycles. The molecule has 0 saturated heterocycles. The van der Waals surface area contributed by atoms with Crippen LogP contribution in [0.3, 0.4) is 0 Å². The number of unbranched alkanes of at least 4 members (excludes halogenated alkanes) is 17. The lowest BCUT2D eigenvalue weighted by Crippen LogP contribution is -2.25. The van der Waals surface area contributed by atoms with Gasteiger partial charge in [0.25, 0.3) is 0 Å². The second-order valence-electron chi connectivity index (χ2n) is 11.1. The van der Waals surface area contributed by atoms with E-state index in [0.717, 1.165) is 44.4 Å². The third-order valence-electron chi connectivity index (χ3n) is 6.77. The molecule has 1 N–H and O–H groups in total. The Hall–Kier alpha value is -1.10. The van der Waals surface area contributed by atoms with E-state index in [1.165, 1.54) is 89.9 Å². The van der Waals surface area contributed by atoms with E-state index in [1.54, 1.807) is 0 Å². The van der Waals surface area contributed by atoms with Crippen LogP contribution in [0.1, 0.15) is 162 Å². The van der Waals surface area contributed by atoms with Crippen molar-refractivity contribution in [2.24, 2.45) is 5.92 Å². The number of hydrogen-bond acceptors (Lipinski definition) is 5. The molecule has 0 saturated carbocycles. The molecule has 214 valence electrons. The first-order chi connectivity index (χ1) is 17.5. The van der Waals surface area contributed by atoms with Crippen molar-refractivity contribution in [3.05, 3.63) is 0 Å². The van der Waals surface area contributed by atoms with Crippen LogP contribution in [0, 0.1) is 5.92 Å². The molecular weight excluding hydrogens is 452 g/mol. The molecule has 36 heavy (non-hydrogen) atoms. The zero-order valence-electron chi connectivity index (χ0n) is 24.2. The molecule has 5 nitrogen and oxygen atoms in total. The molecule has 0 aliphatic rings. The molecule has 0 radical (unpaired) electrons. The molecule has 0 spiro atoms. The minimum absolute atomic E-state index is 0.110. The van der Waals surface area contributed by atoms with Gasteiger partial charge in [0.1, 0.15) is 19.3 Å². The lowest BCUT2D eigenvalue weighted by molar-refractivity contribution is -0.152. The Balaban J connectivity index is 3.43. The smallest absolute Gasteiger partial charge is 0.305 e. The summed E-state index contributed by atoms with van der Waals surface area (Å²) < 4.78 is 10.2. The monoisotopic (exact) mass is 512 g/mol. The Morgan fingerprint density at radius 1 is 0.556 bits per heavy atom. The van der Waals surface area contributed by atoms with Gasteiger partial charge in [-0.2, -0.15) is 0 Å². The number of hydrogen-bond donors (Lipinski definition) is 1. The Morgan fingerprint density at radius 2 is 0.889 bits per heavy atom. The first kappa shape index (κ1) is 34.9. The summed E-state index contributed by atoms with van der Waals surface area (Å²) in [7, 11) is 0. The summed E-state index contributed by atoms with van der Waals surface area (Å²) in [6.45, 7) is 6.59. The van der Waals surface area contributed by atoms with E-state index in [0.29, 0.717) is 12.8 Å². The van der Waals surface area contributed by atoms with Gasteiger partial charge in [0.05, 0.1) is 0 Å². The van der Waals surface area contributed by atoms with Gasteiger partial charge in [-0.05, 0) is 18.8 Å². The number of ether oxygens (including phenoxy) is 2. The third-order valence-corrected chi connectivity index (χ3v) is 6.77. The normalized spacial score (nSPS) is 12.1. The van der Waals surface area contributed by atoms with E-state index in [9.17, 15) is 14.7 Å². The van der Waals surface area contributed by atoms with Crippen molar-refractivity contribution in [1.29, 1.82) is 0 Å². The van der Waals surface area contributed by atoms with E-state index in [4.69, 9.17) is 9.47 Å². The van der Waals surface area contributed by atoms with Crippen molar-refractivity contribution < 1.29 is 24.2 Å². The Kier molecular flexibility index (Phi) is 26.1. The summed E-state index contributed by atoms with van der Waals surface area (Å²) in [6, 6.07) is 0. The average molecular weight is 513 g/mol. The van der Waals surface area contributed by atoms with Crippen LogP contribution in [0.2, 0.25) is 0 Å². The Labute approximate surface area is 223 Å². The zero-order chi connectivity index (χ0) is 26.7. The largest absolute Gasteiger partial charge is 0.463 e. The molecular formula is C31H60O5. The fourth-order valence-electron chi connectivity index (χ4n) is 4.39. The first-order valence-corrected chi connectivity index (χ1v) is 15.4. The van der Waals surface area contributed by atoms with Crippen LogP contribution >= 0.6 is 0 Å². The quantitative estimate of drug-likeness (QED) is 0.0880. The SMILES string of the molecule is CCCCCCCCCCCCC(=O)OC[C@@H](O)COC(=O)CCCCCCCCCCCC(C)C. The number of aliphatic hydroxyl groups excluding tert-OH is 1. The van der Waals surface area contributed by atoms with Gasteiger partial charge in [0.15, 0.2) is 0 Å². The molecule has 0 unspecified atom stereocenters. The topological polar surface area (TPSA) is 72.8 Å². The van der Waals surface area contributed by atoms with Gasteiger partial charge in [-0.3, -0.25) is 9.59 Å². The van der Waals surface area contributed by atoms with Crippen LogP contribution in [-0.4, -0.2) is 36.4 Å². The third kappa shape index (κ3) is 27.5. The Morgan fingerprint density at radius 3 is 1.25 bits per heavy atom. The second kappa shape index (κ2) is 26.9. The number of carbonyl (C=O) groups excluding carboxylic acids is 2. The van der Waals surface area contributed by atoms with Gasteiger partial charge < -0.3 is 14.6 Å². The van der Waals surface area contributed by atoms with Crippen molar-refractivity contribution in [2.45, 2.75) is 168 Å². The molecule has 0 rings (SSSR count). The predicted molar refractivity (Wildman–Crippen MR) is 150 cm³/mol. The maximum absolute atomic E-state index is 11.8. The standard InChI is InChI=1S/C31H60O5/c1-4-5-6-7-8-9-12-15-18-21-24-30(33)35-26-29(32)27-36-31(34)25-22-19-16-13-10-11-14-17-20-23-28(2)3/h28-29,32H,4-27H2,1-3H3/t29-/m1/s1. The van der Waals surface area contributed by atoms with E-state index in [-0.39, 0.29) is 25.2 Å². The summed E-state index contributed by atoms with van der Waals surface area (Å²) in [5, 5.41) is 9.91. The maximum Gasteiger partial charge on any atom is 0.305 e. The first-order valence-electron chi connectivity index (χ1n) is 15.4. The van der Waals surface area contributed by atoms with Crippen LogP contribution in [0.25, 0.3) is 0 Å². The molecule has 1 atom stereocenters. The van der Waals surface area contributed by atoms with E-state index >= 15 is 0 Å². The van der Waals surface area contributed by atoms with E-state index in [2.05, 4.69) is 20.8 Å². The van der Waals surface area contributed by atoms with Gasteiger partial charge in [0.2, 0.25) is 0 Å². The fourth-order valence-corrected chi connectivity index (χ4v) is 4.39. The van der Waals surface area contributed by atoms with Crippen LogP contribution in [0.15, 0.2) is 0 Å². The maximum atomic E-state index is 11.8. The molecule has 0 heterocycles. The van der Waals surface area contributed by atoms with Gasteiger partial charge in [-0.25, -0.2) is 0 Å². The van der Waals surface area contributed by atoms with Gasteiger partial charge >= 0.3 is 11.9 Å². The molecule has 0 amide bonds. The average Bonchev–Trinajstić information content (AvgIpc) is 2.85. The van der Waals surface area contributed by atoms with Crippen molar-refractivity contribution in [1.82, 2.24) is 0 Å². The van der Waals surface area contributed by atoms with Crippen LogP contribution < -0.4 is 0 Å². The molecule has 0 aromatic carbocycles. The molecule has 0 aromatic heterocycles. The van der Waals surface area contributed by atoms with Crippen LogP contribution in [-0.2, 0) is 19.1 Å².